The van der Waals surface area contributed by atoms with E-state index >= 15 is 0 Å². The van der Waals surface area contributed by atoms with Gasteiger partial charge in [-0.3, -0.25) is 0 Å². The molecule has 4 nitrogen and oxygen atoms in total. The van der Waals surface area contributed by atoms with Gasteiger partial charge in [-0.25, -0.2) is 9.97 Å². The van der Waals surface area contributed by atoms with Gasteiger partial charge in [0.25, 0.3) is 0 Å². The molecule has 0 aliphatic heterocycles. The summed E-state index contributed by atoms with van der Waals surface area (Å²) in [6, 6.07) is 11.2. The SMILES string of the molecule is Nc1ccc(N)c(-c2nccc(-c3cccs3)n2)c1. The fourth-order valence-electron chi connectivity index (χ4n) is 1.82. The number of nitrogens with zero attached hydrogens (tertiary/aromatic N) is 2. The van der Waals surface area contributed by atoms with Crippen LogP contribution in [0.3, 0.4) is 0 Å². The van der Waals surface area contributed by atoms with E-state index in [0.29, 0.717) is 17.2 Å². The van der Waals surface area contributed by atoms with Gasteiger partial charge < -0.3 is 11.5 Å². The van der Waals surface area contributed by atoms with E-state index in [-0.39, 0.29) is 0 Å². The lowest BCUT2D eigenvalue weighted by molar-refractivity contribution is 1.19. The molecule has 0 atom stereocenters. The molecule has 0 saturated heterocycles. The fourth-order valence-corrected chi connectivity index (χ4v) is 2.51. The van der Waals surface area contributed by atoms with Crippen LogP contribution in [0.25, 0.3) is 22.0 Å². The number of thiophene rings is 1. The van der Waals surface area contributed by atoms with Crippen LogP contribution in [0.5, 0.6) is 0 Å². The van der Waals surface area contributed by atoms with Crippen LogP contribution in [0, 0.1) is 0 Å². The second-order valence-corrected chi connectivity index (χ2v) is 5.04. The average molecular weight is 268 g/mol. The highest BCUT2D eigenvalue weighted by Crippen LogP contribution is 2.28. The molecule has 0 radical (unpaired) electrons. The Kier molecular flexibility index (Phi) is 2.89. The van der Waals surface area contributed by atoms with Crippen molar-refractivity contribution < 1.29 is 0 Å². The third-order valence-corrected chi connectivity index (χ3v) is 3.64. The molecule has 0 bridgehead atoms. The van der Waals surface area contributed by atoms with E-state index in [0.717, 1.165) is 16.1 Å². The van der Waals surface area contributed by atoms with E-state index in [1.165, 1.54) is 0 Å². The van der Waals surface area contributed by atoms with Crippen LogP contribution in [-0.2, 0) is 0 Å². The summed E-state index contributed by atoms with van der Waals surface area (Å²) >= 11 is 1.64. The first-order valence-corrected chi connectivity index (χ1v) is 6.64. The van der Waals surface area contributed by atoms with Crippen molar-refractivity contribution in [2.75, 3.05) is 11.5 Å². The molecule has 0 aliphatic rings. The molecule has 0 amide bonds. The van der Waals surface area contributed by atoms with Crippen LogP contribution in [0.1, 0.15) is 0 Å². The molecule has 0 fully saturated rings. The molecule has 0 unspecified atom stereocenters. The first kappa shape index (κ1) is 11.7. The summed E-state index contributed by atoms with van der Waals surface area (Å²) in [5, 5.41) is 2.02. The maximum Gasteiger partial charge on any atom is 0.161 e. The zero-order valence-electron chi connectivity index (χ0n) is 10.1. The Labute approximate surface area is 114 Å². The zero-order chi connectivity index (χ0) is 13.2. The molecule has 4 N–H and O–H groups in total. The number of nitrogen functional groups attached to an aromatic ring is 2. The van der Waals surface area contributed by atoms with E-state index in [9.17, 15) is 0 Å². The summed E-state index contributed by atoms with van der Waals surface area (Å²) in [5.74, 6) is 0.593. The minimum atomic E-state index is 0.593. The highest BCUT2D eigenvalue weighted by atomic mass is 32.1. The number of benzene rings is 1. The van der Waals surface area contributed by atoms with E-state index in [1.807, 2.05) is 23.6 Å². The van der Waals surface area contributed by atoms with E-state index < -0.39 is 0 Å². The fraction of sp³-hybridized carbons (Fsp3) is 0. The van der Waals surface area contributed by atoms with Crippen LogP contribution in [-0.4, -0.2) is 9.97 Å². The predicted molar refractivity (Wildman–Crippen MR) is 79.6 cm³/mol. The largest absolute Gasteiger partial charge is 0.399 e. The standard InChI is InChI=1S/C14H12N4S/c15-9-3-4-11(16)10(8-9)14-17-6-5-12(18-14)13-2-1-7-19-13/h1-8H,15-16H2. The second-order valence-electron chi connectivity index (χ2n) is 4.09. The van der Waals surface area contributed by atoms with Gasteiger partial charge in [0.1, 0.15) is 0 Å². The number of aromatic nitrogens is 2. The van der Waals surface area contributed by atoms with Crippen molar-refractivity contribution in [1.82, 2.24) is 9.97 Å². The Morgan fingerprint density at radius 3 is 2.74 bits per heavy atom. The number of hydrogen-bond donors (Lipinski definition) is 2. The summed E-state index contributed by atoms with van der Waals surface area (Å²) in [6.45, 7) is 0. The quantitative estimate of drug-likeness (QED) is 0.700. The van der Waals surface area contributed by atoms with Crippen molar-refractivity contribution in [1.29, 1.82) is 0 Å². The molecule has 2 heterocycles. The number of rotatable bonds is 2. The molecule has 1 aromatic carbocycles. The van der Waals surface area contributed by atoms with Gasteiger partial charge in [-0.15, -0.1) is 11.3 Å². The van der Waals surface area contributed by atoms with Crippen LogP contribution in [0.15, 0.2) is 48.0 Å². The monoisotopic (exact) mass is 268 g/mol. The first-order chi connectivity index (χ1) is 9.24. The zero-order valence-corrected chi connectivity index (χ0v) is 10.9. The molecule has 94 valence electrons. The predicted octanol–water partition coefficient (Wildman–Crippen LogP) is 3.04. The van der Waals surface area contributed by atoms with Crippen molar-refractivity contribution in [2.24, 2.45) is 0 Å². The van der Waals surface area contributed by atoms with Gasteiger partial charge in [0.05, 0.1) is 10.6 Å². The lowest BCUT2D eigenvalue weighted by Crippen LogP contribution is -1.97. The number of hydrogen-bond acceptors (Lipinski definition) is 5. The van der Waals surface area contributed by atoms with Crippen molar-refractivity contribution in [2.45, 2.75) is 0 Å². The summed E-state index contributed by atoms with van der Waals surface area (Å²) in [6.07, 6.45) is 1.74. The van der Waals surface area contributed by atoms with Crippen LogP contribution < -0.4 is 11.5 Å². The molecule has 2 aromatic heterocycles. The summed E-state index contributed by atoms with van der Waals surface area (Å²) in [5.41, 5.74) is 14.7. The van der Waals surface area contributed by atoms with Gasteiger partial charge in [0.15, 0.2) is 5.82 Å². The molecule has 19 heavy (non-hydrogen) atoms. The maximum atomic E-state index is 5.96. The lowest BCUT2D eigenvalue weighted by atomic mass is 10.1. The highest BCUT2D eigenvalue weighted by molar-refractivity contribution is 7.13. The van der Waals surface area contributed by atoms with Crippen molar-refractivity contribution in [3.63, 3.8) is 0 Å². The molecule has 3 rings (SSSR count). The van der Waals surface area contributed by atoms with Gasteiger partial charge in [-0.05, 0) is 35.7 Å². The molecular formula is C14H12N4S. The third-order valence-electron chi connectivity index (χ3n) is 2.75. The third kappa shape index (κ3) is 2.28. The summed E-state index contributed by atoms with van der Waals surface area (Å²) in [4.78, 5) is 9.93. The molecule has 0 spiro atoms. The Hall–Kier alpha value is -2.40. The van der Waals surface area contributed by atoms with Crippen LogP contribution in [0.4, 0.5) is 11.4 Å². The minimum absolute atomic E-state index is 0.593. The van der Waals surface area contributed by atoms with Gasteiger partial charge >= 0.3 is 0 Å². The van der Waals surface area contributed by atoms with Gasteiger partial charge in [0, 0.05) is 23.1 Å². The van der Waals surface area contributed by atoms with Gasteiger partial charge in [-0.1, -0.05) is 6.07 Å². The topological polar surface area (TPSA) is 77.8 Å². The van der Waals surface area contributed by atoms with Crippen molar-refractivity contribution in [3.8, 4) is 22.0 Å². The van der Waals surface area contributed by atoms with Crippen molar-refractivity contribution in [3.05, 3.63) is 48.0 Å². The Morgan fingerprint density at radius 1 is 1.05 bits per heavy atom. The molecule has 5 heteroatoms. The first-order valence-electron chi connectivity index (χ1n) is 5.76. The average Bonchev–Trinajstić information content (AvgIpc) is 2.96. The van der Waals surface area contributed by atoms with Gasteiger partial charge in [0.2, 0.25) is 0 Å². The van der Waals surface area contributed by atoms with Crippen molar-refractivity contribution >= 4 is 22.7 Å². The lowest BCUT2D eigenvalue weighted by Gasteiger charge is -2.06. The Bertz CT molecular complexity index is 707. The minimum Gasteiger partial charge on any atom is -0.399 e. The van der Waals surface area contributed by atoms with Crippen LogP contribution >= 0.6 is 11.3 Å². The molecule has 3 aromatic rings. The molecular weight excluding hydrogens is 256 g/mol. The summed E-state index contributed by atoms with van der Waals surface area (Å²) in [7, 11) is 0. The Morgan fingerprint density at radius 2 is 1.95 bits per heavy atom. The van der Waals surface area contributed by atoms with E-state index in [1.54, 1.807) is 35.7 Å². The van der Waals surface area contributed by atoms with Crippen LogP contribution in [0.2, 0.25) is 0 Å². The second kappa shape index (κ2) is 4.70. The number of nitrogens with two attached hydrogens (primary N) is 2. The van der Waals surface area contributed by atoms with Gasteiger partial charge in [-0.2, -0.15) is 0 Å². The molecule has 0 saturated carbocycles. The van der Waals surface area contributed by atoms with E-state index in [2.05, 4.69) is 9.97 Å². The highest BCUT2D eigenvalue weighted by Gasteiger charge is 2.08. The summed E-state index contributed by atoms with van der Waals surface area (Å²) < 4.78 is 0. The molecule has 0 aliphatic carbocycles. The van der Waals surface area contributed by atoms with E-state index in [4.69, 9.17) is 11.5 Å². The Balaban J connectivity index is 2.11. The maximum absolute atomic E-state index is 5.96. The number of anilines is 2. The normalized spacial score (nSPS) is 10.5. The smallest absolute Gasteiger partial charge is 0.161 e.